The van der Waals surface area contributed by atoms with Crippen molar-refractivity contribution in [3.05, 3.63) is 23.8 Å². The van der Waals surface area contributed by atoms with Crippen molar-refractivity contribution >= 4 is 15.6 Å². The fourth-order valence-electron chi connectivity index (χ4n) is 1.13. The van der Waals surface area contributed by atoms with Gasteiger partial charge in [-0.25, -0.2) is 9.13 Å². The minimum atomic E-state index is -5.07. The molecule has 0 aromatic carbocycles. The van der Waals surface area contributed by atoms with Crippen LogP contribution in [-0.2, 0) is 18.0 Å². The molecule has 0 saturated carbocycles. The second kappa shape index (κ2) is 7.50. The number of hydrogen-bond donors (Lipinski definition) is 3. The molecule has 0 heterocycles. The molecule has 0 spiro atoms. The molecule has 0 amide bonds. The Balaban J connectivity index is 4.56. The highest BCUT2D eigenvalue weighted by molar-refractivity contribution is 7.60. The van der Waals surface area contributed by atoms with Crippen LogP contribution in [0.2, 0.25) is 0 Å². The molecule has 112 valence electrons. The molecule has 0 aromatic heterocycles. The van der Waals surface area contributed by atoms with Gasteiger partial charge in [0.25, 0.3) is 0 Å². The molecule has 0 aliphatic rings. The van der Waals surface area contributed by atoms with Crippen molar-refractivity contribution in [1.29, 1.82) is 0 Å². The third-order valence-electron chi connectivity index (χ3n) is 2.16. The van der Waals surface area contributed by atoms with Crippen LogP contribution in [0.25, 0.3) is 0 Å². The molecule has 0 aliphatic carbocycles. The highest BCUT2D eigenvalue weighted by Crippen LogP contribution is 2.57. The molecule has 0 rings (SSSR count). The summed E-state index contributed by atoms with van der Waals surface area (Å²) in [5.41, 5.74) is 1.80. The van der Waals surface area contributed by atoms with Crippen molar-refractivity contribution in [2.24, 2.45) is 5.92 Å². The van der Waals surface area contributed by atoms with Crippen molar-refractivity contribution in [3.8, 4) is 0 Å². The number of phosphoric ester groups is 1. The summed E-state index contributed by atoms with van der Waals surface area (Å²) in [5.74, 6) is -0.240. The van der Waals surface area contributed by atoms with Gasteiger partial charge in [-0.1, -0.05) is 23.8 Å². The molecule has 3 N–H and O–H groups in total. The SMILES string of the molecule is C=C(C)[C@@H](CC=C(C)C)COP(=O)(O)OP(=O)(O)O. The van der Waals surface area contributed by atoms with Crippen molar-refractivity contribution < 1.29 is 32.6 Å². The van der Waals surface area contributed by atoms with Crippen LogP contribution in [0.15, 0.2) is 23.8 Å². The molecule has 1 unspecified atom stereocenters. The first-order valence-corrected chi connectivity index (χ1v) is 8.48. The van der Waals surface area contributed by atoms with Gasteiger partial charge in [-0.05, 0) is 27.2 Å². The maximum Gasteiger partial charge on any atom is 0.481 e. The van der Waals surface area contributed by atoms with Gasteiger partial charge in [-0.2, -0.15) is 4.31 Å². The van der Waals surface area contributed by atoms with Crippen molar-refractivity contribution in [2.45, 2.75) is 27.2 Å². The Morgan fingerprint density at radius 1 is 1.26 bits per heavy atom. The summed E-state index contributed by atoms with van der Waals surface area (Å²) < 4.78 is 30.0. The van der Waals surface area contributed by atoms with Crippen LogP contribution in [0.4, 0.5) is 0 Å². The summed E-state index contributed by atoms with van der Waals surface area (Å²) >= 11 is 0. The summed E-state index contributed by atoms with van der Waals surface area (Å²) in [7, 11) is -9.85. The molecular weight excluding hydrogens is 294 g/mol. The summed E-state index contributed by atoms with van der Waals surface area (Å²) in [4.78, 5) is 26.0. The second-order valence-electron chi connectivity index (χ2n) is 4.40. The van der Waals surface area contributed by atoms with Gasteiger partial charge in [-0.15, -0.1) is 0 Å². The number of phosphoric acid groups is 2. The Kier molecular flexibility index (Phi) is 7.40. The van der Waals surface area contributed by atoms with Crippen LogP contribution < -0.4 is 0 Å². The summed E-state index contributed by atoms with van der Waals surface area (Å²) in [6.45, 7) is 9.07. The van der Waals surface area contributed by atoms with Gasteiger partial charge in [0.2, 0.25) is 0 Å². The predicted octanol–water partition coefficient (Wildman–Crippen LogP) is 2.76. The zero-order valence-electron chi connectivity index (χ0n) is 11.1. The fraction of sp³-hybridized carbons (Fsp3) is 0.600. The number of hydrogen-bond acceptors (Lipinski definition) is 4. The first-order chi connectivity index (χ1) is 8.43. The van der Waals surface area contributed by atoms with Gasteiger partial charge in [0.15, 0.2) is 0 Å². The van der Waals surface area contributed by atoms with E-state index in [0.29, 0.717) is 6.42 Å². The van der Waals surface area contributed by atoms with E-state index in [-0.39, 0.29) is 12.5 Å². The molecular formula is C10H20O7P2. The standard InChI is InChI=1S/C10H20O7P2/c1-8(2)5-6-10(9(3)4)7-16-19(14,15)17-18(11,12)13/h5,10H,3,6-7H2,1-2,4H3,(H,14,15)(H2,11,12,13)/t10-/m0/s1. The van der Waals surface area contributed by atoms with E-state index in [0.717, 1.165) is 11.1 Å². The minimum Gasteiger partial charge on any atom is -0.302 e. The number of rotatable bonds is 8. The summed E-state index contributed by atoms with van der Waals surface area (Å²) in [6.07, 6.45) is 2.46. The van der Waals surface area contributed by atoms with Crippen LogP contribution in [0.3, 0.4) is 0 Å². The van der Waals surface area contributed by atoms with Crippen LogP contribution in [0, 0.1) is 5.92 Å². The third-order valence-corrected chi connectivity index (χ3v) is 4.31. The first-order valence-electron chi connectivity index (χ1n) is 5.46. The summed E-state index contributed by atoms with van der Waals surface area (Å²) in [5, 5.41) is 0. The Morgan fingerprint density at radius 2 is 1.79 bits per heavy atom. The smallest absolute Gasteiger partial charge is 0.302 e. The predicted molar refractivity (Wildman–Crippen MR) is 71.3 cm³/mol. The summed E-state index contributed by atoms with van der Waals surface area (Å²) in [6, 6.07) is 0. The van der Waals surface area contributed by atoms with Gasteiger partial charge in [0, 0.05) is 5.92 Å². The van der Waals surface area contributed by atoms with E-state index in [1.807, 2.05) is 19.9 Å². The Bertz CT molecular complexity index is 433. The average molecular weight is 314 g/mol. The van der Waals surface area contributed by atoms with Crippen molar-refractivity contribution in [1.82, 2.24) is 0 Å². The molecule has 0 radical (unpaired) electrons. The lowest BCUT2D eigenvalue weighted by atomic mass is 9.98. The van der Waals surface area contributed by atoms with E-state index in [1.165, 1.54) is 0 Å². The Morgan fingerprint density at radius 3 is 2.16 bits per heavy atom. The monoisotopic (exact) mass is 314 g/mol. The van der Waals surface area contributed by atoms with Gasteiger partial charge in [0.1, 0.15) is 0 Å². The van der Waals surface area contributed by atoms with E-state index in [1.54, 1.807) is 6.92 Å². The fourth-order valence-corrected chi connectivity index (χ4v) is 2.76. The van der Waals surface area contributed by atoms with Gasteiger partial charge >= 0.3 is 15.6 Å². The molecule has 0 bridgehead atoms. The highest BCUT2D eigenvalue weighted by atomic mass is 31.3. The second-order valence-corrected chi connectivity index (χ2v) is 7.23. The zero-order valence-corrected chi connectivity index (χ0v) is 12.9. The van der Waals surface area contributed by atoms with Crippen molar-refractivity contribution in [3.63, 3.8) is 0 Å². The largest absolute Gasteiger partial charge is 0.481 e. The maximum absolute atomic E-state index is 11.3. The Hall–Kier alpha value is -0.260. The van der Waals surface area contributed by atoms with Crippen LogP contribution in [0.5, 0.6) is 0 Å². The molecule has 0 fully saturated rings. The van der Waals surface area contributed by atoms with E-state index in [9.17, 15) is 9.13 Å². The average Bonchev–Trinajstić information content (AvgIpc) is 2.12. The van der Waals surface area contributed by atoms with E-state index in [2.05, 4.69) is 15.4 Å². The topological polar surface area (TPSA) is 113 Å². The molecule has 19 heavy (non-hydrogen) atoms. The maximum atomic E-state index is 11.3. The Labute approximate surface area is 112 Å². The van der Waals surface area contributed by atoms with Crippen LogP contribution in [-0.4, -0.2) is 21.3 Å². The van der Waals surface area contributed by atoms with Gasteiger partial charge in [0.05, 0.1) is 6.61 Å². The van der Waals surface area contributed by atoms with Gasteiger partial charge < -0.3 is 14.7 Å². The first kappa shape index (κ1) is 18.7. The lowest BCUT2D eigenvalue weighted by molar-refractivity contribution is 0.164. The third kappa shape index (κ3) is 10.2. The van der Waals surface area contributed by atoms with Gasteiger partial charge in [-0.3, -0.25) is 4.52 Å². The molecule has 0 aliphatic heterocycles. The van der Waals surface area contributed by atoms with E-state index in [4.69, 9.17) is 14.7 Å². The lowest BCUT2D eigenvalue weighted by Gasteiger charge is -2.18. The molecule has 2 atom stereocenters. The van der Waals surface area contributed by atoms with Crippen molar-refractivity contribution in [2.75, 3.05) is 6.61 Å². The molecule has 9 heteroatoms. The zero-order chi connectivity index (χ0) is 15.3. The van der Waals surface area contributed by atoms with Crippen LogP contribution in [0.1, 0.15) is 27.2 Å². The quantitative estimate of drug-likeness (QED) is 0.466. The minimum absolute atomic E-state index is 0.215. The molecule has 7 nitrogen and oxygen atoms in total. The normalized spacial score (nSPS) is 16.5. The van der Waals surface area contributed by atoms with E-state index >= 15 is 0 Å². The van der Waals surface area contributed by atoms with E-state index < -0.39 is 15.6 Å². The lowest BCUT2D eigenvalue weighted by Crippen LogP contribution is -2.09. The highest BCUT2D eigenvalue weighted by Gasteiger charge is 2.32. The molecule has 0 saturated heterocycles. The molecule has 0 aromatic rings. The number of allylic oxidation sites excluding steroid dienone is 2. The van der Waals surface area contributed by atoms with Crippen LogP contribution >= 0.6 is 15.6 Å².